The quantitative estimate of drug-likeness (QED) is 0.354. The molecule has 0 unspecified atom stereocenters. The SMILES string of the molecule is O=C(Nc1ccc2c(c1)oc1ccccc12)c1n[nH]c2ccc([N+](=O)[O-])cc12. The number of non-ortho nitro benzene ring substituents is 1. The molecule has 3 aromatic carbocycles. The van der Waals surface area contributed by atoms with Gasteiger partial charge in [0.2, 0.25) is 0 Å². The minimum absolute atomic E-state index is 0.0865. The number of para-hydroxylation sites is 1. The van der Waals surface area contributed by atoms with E-state index in [2.05, 4.69) is 15.5 Å². The highest BCUT2D eigenvalue weighted by molar-refractivity contribution is 6.12. The third-order valence-corrected chi connectivity index (χ3v) is 4.61. The summed E-state index contributed by atoms with van der Waals surface area (Å²) in [6.07, 6.45) is 0. The minimum Gasteiger partial charge on any atom is -0.456 e. The molecule has 8 nitrogen and oxygen atoms in total. The summed E-state index contributed by atoms with van der Waals surface area (Å²) < 4.78 is 5.83. The van der Waals surface area contributed by atoms with Crippen LogP contribution in [0.15, 0.2) is 65.1 Å². The van der Waals surface area contributed by atoms with Crippen LogP contribution in [0.3, 0.4) is 0 Å². The van der Waals surface area contributed by atoms with E-state index in [0.717, 1.165) is 16.4 Å². The molecule has 0 aliphatic heterocycles. The molecule has 136 valence electrons. The number of aromatic amines is 1. The Labute approximate surface area is 156 Å². The Morgan fingerprint density at radius 1 is 1.00 bits per heavy atom. The van der Waals surface area contributed by atoms with Gasteiger partial charge in [0.1, 0.15) is 11.2 Å². The second kappa shape index (κ2) is 5.92. The lowest BCUT2D eigenvalue weighted by molar-refractivity contribution is -0.384. The van der Waals surface area contributed by atoms with Crippen molar-refractivity contribution >= 4 is 50.1 Å². The standard InChI is InChI=1S/C20H12N4O4/c25-20(19-15-10-12(24(26)27)6-8-16(15)22-23-19)21-11-5-7-14-13-3-1-2-4-17(13)28-18(14)9-11/h1-10H,(H,21,25)(H,22,23). The first-order valence-electron chi connectivity index (χ1n) is 8.45. The number of hydrogen-bond acceptors (Lipinski definition) is 5. The number of carbonyl (C=O) groups is 1. The summed E-state index contributed by atoms with van der Waals surface area (Å²) in [4.78, 5) is 23.2. The summed E-state index contributed by atoms with van der Waals surface area (Å²) in [6, 6.07) is 17.3. The summed E-state index contributed by atoms with van der Waals surface area (Å²) in [5.74, 6) is -0.470. The van der Waals surface area contributed by atoms with E-state index in [9.17, 15) is 14.9 Å². The topological polar surface area (TPSA) is 114 Å². The first kappa shape index (κ1) is 16.0. The maximum atomic E-state index is 12.7. The van der Waals surface area contributed by atoms with Gasteiger partial charge in [0.25, 0.3) is 11.6 Å². The van der Waals surface area contributed by atoms with Crippen molar-refractivity contribution in [3.63, 3.8) is 0 Å². The molecule has 0 radical (unpaired) electrons. The number of nitrogens with one attached hydrogen (secondary N) is 2. The molecular weight excluding hydrogens is 360 g/mol. The van der Waals surface area contributed by atoms with E-state index < -0.39 is 10.8 Å². The van der Waals surface area contributed by atoms with Crippen LogP contribution in [0.5, 0.6) is 0 Å². The Hall–Kier alpha value is -4.20. The predicted molar refractivity (Wildman–Crippen MR) is 104 cm³/mol. The van der Waals surface area contributed by atoms with Gasteiger partial charge >= 0.3 is 0 Å². The van der Waals surface area contributed by atoms with Gasteiger partial charge in [0.15, 0.2) is 5.69 Å². The zero-order valence-corrected chi connectivity index (χ0v) is 14.3. The Morgan fingerprint density at radius 2 is 1.82 bits per heavy atom. The third kappa shape index (κ3) is 2.47. The van der Waals surface area contributed by atoms with Crippen molar-refractivity contribution in [2.24, 2.45) is 0 Å². The second-order valence-electron chi connectivity index (χ2n) is 6.32. The second-order valence-corrected chi connectivity index (χ2v) is 6.32. The summed E-state index contributed by atoms with van der Waals surface area (Å²) in [5.41, 5.74) is 2.49. The number of fused-ring (bicyclic) bond motifs is 4. The molecule has 0 atom stereocenters. The smallest absolute Gasteiger partial charge is 0.276 e. The van der Waals surface area contributed by atoms with E-state index in [-0.39, 0.29) is 11.4 Å². The summed E-state index contributed by atoms with van der Waals surface area (Å²) in [7, 11) is 0. The highest BCUT2D eigenvalue weighted by atomic mass is 16.6. The number of nitro benzene ring substituents is 1. The van der Waals surface area contributed by atoms with E-state index in [0.29, 0.717) is 22.2 Å². The molecule has 5 rings (SSSR count). The average Bonchev–Trinajstić information content (AvgIpc) is 3.28. The summed E-state index contributed by atoms with van der Waals surface area (Å²) >= 11 is 0. The van der Waals surface area contributed by atoms with E-state index in [4.69, 9.17) is 4.42 Å². The van der Waals surface area contributed by atoms with Crippen molar-refractivity contribution in [2.45, 2.75) is 0 Å². The Morgan fingerprint density at radius 3 is 2.68 bits per heavy atom. The fourth-order valence-electron chi connectivity index (χ4n) is 3.28. The van der Waals surface area contributed by atoms with Crippen molar-refractivity contribution in [2.75, 3.05) is 5.32 Å². The zero-order valence-electron chi connectivity index (χ0n) is 14.3. The number of amides is 1. The fourth-order valence-corrected chi connectivity index (χ4v) is 3.28. The molecular formula is C20H12N4O4. The number of furan rings is 1. The number of benzene rings is 3. The first-order chi connectivity index (χ1) is 13.6. The van der Waals surface area contributed by atoms with Crippen LogP contribution in [-0.4, -0.2) is 21.0 Å². The molecule has 0 aliphatic carbocycles. The molecule has 8 heteroatoms. The number of aromatic nitrogens is 2. The number of rotatable bonds is 3. The monoisotopic (exact) mass is 372 g/mol. The van der Waals surface area contributed by atoms with Gasteiger partial charge in [0.05, 0.1) is 10.4 Å². The van der Waals surface area contributed by atoms with Crippen molar-refractivity contribution in [3.8, 4) is 0 Å². The van der Waals surface area contributed by atoms with Gasteiger partial charge in [-0.15, -0.1) is 0 Å². The van der Waals surface area contributed by atoms with Crippen molar-refractivity contribution in [3.05, 3.63) is 76.5 Å². The summed E-state index contributed by atoms with van der Waals surface area (Å²) in [6.45, 7) is 0. The van der Waals surface area contributed by atoms with Crippen LogP contribution in [0.25, 0.3) is 32.8 Å². The lowest BCUT2D eigenvalue weighted by atomic mass is 10.1. The van der Waals surface area contributed by atoms with Gasteiger partial charge in [-0.3, -0.25) is 20.0 Å². The lowest BCUT2D eigenvalue weighted by Crippen LogP contribution is -2.12. The number of H-pyrrole nitrogens is 1. The van der Waals surface area contributed by atoms with Gasteiger partial charge in [-0.2, -0.15) is 5.10 Å². The molecule has 0 fully saturated rings. The Bertz CT molecular complexity index is 1400. The fraction of sp³-hybridized carbons (Fsp3) is 0. The molecule has 2 heterocycles. The number of nitrogens with zero attached hydrogens (tertiary/aromatic N) is 2. The molecule has 2 aromatic heterocycles. The number of carbonyl (C=O) groups excluding carboxylic acids is 1. The third-order valence-electron chi connectivity index (χ3n) is 4.61. The molecule has 5 aromatic rings. The van der Waals surface area contributed by atoms with Crippen LogP contribution in [0.2, 0.25) is 0 Å². The normalized spacial score (nSPS) is 11.3. The average molecular weight is 372 g/mol. The van der Waals surface area contributed by atoms with Crippen LogP contribution in [0, 0.1) is 10.1 Å². The first-order valence-corrected chi connectivity index (χ1v) is 8.45. The highest BCUT2D eigenvalue weighted by Gasteiger charge is 2.18. The molecule has 0 spiro atoms. The van der Waals surface area contributed by atoms with Gasteiger partial charge in [0, 0.05) is 40.0 Å². The maximum Gasteiger partial charge on any atom is 0.276 e. The summed E-state index contributed by atoms with van der Waals surface area (Å²) in [5, 5.41) is 22.8. The van der Waals surface area contributed by atoms with E-state index in [1.54, 1.807) is 12.1 Å². The van der Waals surface area contributed by atoms with Crippen LogP contribution in [0.4, 0.5) is 11.4 Å². The van der Waals surface area contributed by atoms with Crippen LogP contribution in [0.1, 0.15) is 10.5 Å². The Balaban J connectivity index is 1.51. The van der Waals surface area contributed by atoms with Gasteiger partial charge < -0.3 is 9.73 Å². The van der Waals surface area contributed by atoms with Crippen LogP contribution < -0.4 is 5.32 Å². The molecule has 0 aliphatic rings. The molecule has 0 bridgehead atoms. The predicted octanol–water partition coefficient (Wildman–Crippen LogP) is 4.62. The van der Waals surface area contributed by atoms with Gasteiger partial charge in [-0.25, -0.2) is 0 Å². The number of anilines is 1. The molecule has 1 amide bonds. The van der Waals surface area contributed by atoms with Crippen molar-refractivity contribution in [1.82, 2.24) is 10.2 Å². The Kier molecular flexibility index (Phi) is 3.38. The largest absolute Gasteiger partial charge is 0.456 e. The van der Waals surface area contributed by atoms with Crippen molar-refractivity contribution < 1.29 is 14.1 Å². The minimum atomic E-state index is -0.510. The van der Waals surface area contributed by atoms with E-state index in [1.807, 2.05) is 30.3 Å². The molecule has 0 saturated heterocycles. The number of nitro groups is 1. The lowest BCUT2D eigenvalue weighted by Gasteiger charge is -2.03. The van der Waals surface area contributed by atoms with Gasteiger partial charge in [-0.1, -0.05) is 18.2 Å². The van der Waals surface area contributed by atoms with Crippen LogP contribution in [-0.2, 0) is 0 Å². The highest BCUT2D eigenvalue weighted by Crippen LogP contribution is 2.30. The number of hydrogen-bond donors (Lipinski definition) is 2. The van der Waals surface area contributed by atoms with Gasteiger partial charge in [-0.05, 0) is 24.3 Å². The zero-order chi connectivity index (χ0) is 19.3. The maximum absolute atomic E-state index is 12.7. The van der Waals surface area contributed by atoms with Crippen molar-refractivity contribution in [1.29, 1.82) is 0 Å². The molecule has 0 saturated carbocycles. The van der Waals surface area contributed by atoms with Crippen LogP contribution >= 0.6 is 0 Å². The van der Waals surface area contributed by atoms with E-state index in [1.165, 1.54) is 18.2 Å². The van der Waals surface area contributed by atoms with E-state index >= 15 is 0 Å². The molecule has 28 heavy (non-hydrogen) atoms. The molecule has 2 N–H and O–H groups in total.